The fraction of sp³-hybridized carbons (Fsp3) is 0.256. The Hall–Kier alpha value is -5.11. The molecule has 51 heavy (non-hydrogen) atoms. The minimum atomic E-state index is -1.31. The van der Waals surface area contributed by atoms with E-state index in [9.17, 15) is 14.7 Å². The molecule has 8 heteroatoms. The summed E-state index contributed by atoms with van der Waals surface area (Å²) < 4.78 is 5.68. The Labute approximate surface area is 301 Å². The van der Waals surface area contributed by atoms with Gasteiger partial charge in [-0.05, 0) is 78.3 Å². The first kappa shape index (κ1) is 33.1. The minimum absolute atomic E-state index is 0.133. The van der Waals surface area contributed by atoms with E-state index in [0.29, 0.717) is 34.0 Å². The molecule has 0 aromatic heterocycles. The van der Waals surface area contributed by atoms with Crippen LogP contribution in [-0.4, -0.2) is 41.7 Å². The molecule has 256 valence electrons. The zero-order valence-electron chi connectivity index (χ0n) is 28.0. The number of hydrogen-bond acceptors (Lipinski definition) is 6. The van der Waals surface area contributed by atoms with Crippen LogP contribution in [0.5, 0.6) is 5.75 Å². The van der Waals surface area contributed by atoms with Crippen LogP contribution in [0.1, 0.15) is 41.0 Å². The SMILES string of the molecule is Cc1ccc(N2C(=O)C3CC=C4C(CC5C(=O)C(c6ccccc6)=CC(=O)C5(c5ccccc5)C4c4ccc(OCCO)cc4)C3C2=O)cc1Cl. The van der Waals surface area contributed by atoms with E-state index in [1.54, 1.807) is 18.2 Å². The molecule has 4 aromatic rings. The Bertz CT molecular complexity index is 2120. The molecule has 1 N–H and O–H groups in total. The van der Waals surface area contributed by atoms with Crippen molar-refractivity contribution in [2.45, 2.75) is 31.1 Å². The number of halogens is 1. The summed E-state index contributed by atoms with van der Waals surface area (Å²) in [4.78, 5) is 60.1. The maximum absolute atomic E-state index is 15.1. The van der Waals surface area contributed by atoms with Gasteiger partial charge in [-0.1, -0.05) is 102 Å². The Morgan fingerprint density at radius 1 is 0.863 bits per heavy atom. The fourth-order valence-electron chi connectivity index (χ4n) is 9.14. The lowest BCUT2D eigenvalue weighted by Crippen LogP contribution is -2.58. The molecule has 0 spiro atoms. The number of aliphatic hydroxyl groups is 1. The van der Waals surface area contributed by atoms with E-state index >= 15 is 9.59 Å². The summed E-state index contributed by atoms with van der Waals surface area (Å²) in [6.07, 6.45) is 4.13. The number of rotatable bonds is 7. The van der Waals surface area contributed by atoms with E-state index in [-0.39, 0.29) is 43.0 Å². The van der Waals surface area contributed by atoms with E-state index in [1.807, 2.05) is 91.9 Å². The molecule has 1 saturated heterocycles. The average Bonchev–Trinajstić information content (AvgIpc) is 3.42. The number of amides is 2. The van der Waals surface area contributed by atoms with E-state index in [2.05, 4.69) is 6.08 Å². The highest BCUT2D eigenvalue weighted by Gasteiger charge is 2.66. The number of ether oxygens (including phenoxy) is 1. The lowest BCUT2D eigenvalue weighted by Gasteiger charge is -2.55. The number of benzene rings is 4. The first-order valence-electron chi connectivity index (χ1n) is 17.3. The molecule has 0 radical (unpaired) electrons. The number of carbonyl (C=O) groups is 4. The smallest absolute Gasteiger partial charge is 0.238 e. The number of Topliss-reactive ketones (excluding diaryl/α,β-unsaturated/α-hetero) is 1. The average molecular weight is 698 g/mol. The molecule has 8 rings (SSSR count). The van der Waals surface area contributed by atoms with Crippen molar-refractivity contribution >= 4 is 46.2 Å². The molecule has 0 bridgehead atoms. The largest absolute Gasteiger partial charge is 0.491 e. The monoisotopic (exact) mass is 697 g/mol. The van der Waals surface area contributed by atoms with Gasteiger partial charge in [0.1, 0.15) is 12.4 Å². The number of fused-ring (bicyclic) bond motifs is 4. The van der Waals surface area contributed by atoms with Gasteiger partial charge in [0.25, 0.3) is 0 Å². The van der Waals surface area contributed by atoms with Gasteiger partial charge >= 0.3 is 0 Å². The third-order valence-electron chi connectivity index (χ3n) is 11.4. The highest BCUT2D eigenvalue weighted by atomic mass is 35.5. The number of ketones is 2. The molecule has 6 atom stereocenters. The summed E-state index contributed by atoms with van der Waals surface area (Å²) in [6.45, 7) is 1.86. The predicted molar refractivity (Wildman–Crippen MR) is 194 cm³/mol. The zero-order chi connectivity index (χ0) is 35.4. The van der Waals surface area contributed by atoms with E-state index in [4.69, 9.17) is 16.3 Å². The second-order valence-corrected chi connectivity index (χ2v) is 14.3. The number of anilines is 1. The van der Waals surface area contributed by atoms with Gasteiger partial charge in [-0.3, -0.25) is 19.2 Å². The van der Waals surface area contributed by atoms with E-state index in [0.717, 1.165) is 22.3 Å². The summed E-state index contributed by atoms with van der Waals surface area (Å²) in [5, 5.41) is 9.79. The lowest BCUT2D eigenvalue weighted by molar-refractivity contribution is -0.135. The van der Waals surface area contributed by atoms with Crippen molar-refractivity contribution in [3.63, 3.8) is 0 Å². The Kier molecular flexibility index (Phi) is 8.36. The molecule has 2 fully saturated rings. The molecule has 6 unspecified atom stereocenters. The first-order valence-corrected chi connectivity index (χ1v) is 17.7. The predicted octanol–water partition coefficient (Wildman–Crippen LogP) is 7.05. The number of hydrogen-bond donors (Lipinski definition) is 1. The molecule has 1 aliphatic heterocycles. The van der Waals surface area contributed by atoms with Crippen LogP contribution in [0.3, 0.4) is 0 Å². The van der Waals surface area contributed by atoms with Crippen LogP contribution in [0.2, 0.25) is 5.02 Å². The highest BCUT2D eigenvalue weighted by Crippen LogP contribution is 2.63. The van der Waals surface area contributed by atoms with Crippen LogP contribution in [0.4, 0.5) is 5.69 Å². The van der Waals surface area contributed by atoms with E-state index in [1.165, 1.54) is 11.0 Å². The number of carbonyl (C=O) groups excluding carboxylic acids is 4. The van der Waals surface area contributed by atoms with Crippen molar-refractivity contribution in [1.82, 2.24) is 0 Å². The van der Waals surface area contributed by atoms with Crippen LogP contribution in [0.25, 0.3) is 5.57 Å². The summed E-state index contributed by atoms with van der Waals surface area (Å²) in [6, 6.07) is 31.4. The third-order valence-corrected chi connectivity index (χ3v) is 11.8. The highest BCUT2D eigenvalue weighted by molar-refractivity contribution is 6.33. The maximum Gasteiger partial charge on any atom is 0.238 e. The zero-order valence-corrected chi connectivity index (χ0v) is 28.8. The summed E-state index contributed by atoms with van der Waals surface area (Å²) >= 11 is 6.47. The van der Waals surface area contributed by atoms with Crippen molar-refractivity contribution < 1.29 is 29.0 Å². The van der Waals surface area contributed by atoms with Crippen molar-refractivity contribution in [1.29, 1.82) is 0 Å². The Morgan fingerprint density at radius 3 is 2.25 bits per heavy atom. The maximum atomic E-state index is 15.1. The number of allylic oxidation sites excluding steroid dienone is 4. The van der Waals surface area contributed by atoms with E-state index < -0.39 is 35.0 Å². The molecule has 2 amide bonds. The van der Waals surface area contributed by atoms with Crippen LogP contribution in [-0.2, 0) is 24.6 Å². The van der Waals surface area contributed by atoms with Gasteiger partial charge in [0.2, 0.25) is 11.8 Å². The number of aliphatic hydroxyl groups excluding tert-OH is 1. The minimum Gasteiger partial charge on any atom is -0.491 e. The van der Waals surface area contributed by atoms with Gasteiger partial charge in [0, 0.05) is 22.4 Å². The van der Waals surface area contributed by atoms with Crippen molar-refractivity contribution in [3.8, 4) is 5.75 Å². The second kappa shape index (κ2) is 12.9. The summed E-state index contributed by atoms with van der Waals surface area (Å²) in [5.41, 5.74) is 3.39. The topological polar surface area (TPSA) is 101 Å². The Balaban J connectivity index is 1.33. The molecule has 3 aliphatic carbocycles. The molecule has 1 heterocycles. The lowest BCUT2D eigenvalue weighted by atomic mass is 9.44. The molecule has 7 nitrogen and oxygen atoms in total. The molecule has 4 aliphatic rings. The van der Waals surface area contributed by atoms with Gasteiger partial charge < -0.3 is 9.84 Å². The molecule has 4 aromatic carbocycles. The number of nitrogens with zero attached hydrogens (tertiary/aromatic N) is 1. The standard InChI is InChI=1S/C43H36ClNO6/c1-25-12-15-29(22-36(25)44)45-41(49)32-19-18-31-34(38(32)42(45)50)23-35-40(48)33(26-8-4-2-5-9-26)24-37(47)43(35,28-10-6-3-7-11-28)39(31)27-13-16-30(17-14-27)51-21-20-46/h2-18,22,24,32,34-35,38-39,46H,19-21,23H2,1H3. The van der Waals surface area contributed by atoms with Gasteiger partial charge in [0.05, 0.1) is 29.5 Å². The van der Waals surface area contributed by atoms with Crippen LogP contribution < -0.4 is 9.64 Å². The quantitative estimate of drug-likeness (QED) is 0.164. The van der Waals surface area contributed by atoms with Crippen molar-refractivity contribution in [2.75, 3.05) is 18.1 Å². The third kappa shape index (κ3) is 5.13. The Morgan fingerprint density at radius 2 is 1.57 bits per heavy atom. The van der Waals surface area contributed by atoms with Crippen molar-refractivity contribution in [3.05, 3.63) is 148 Å². The van der Waals surface area contributed by atoms with Crippen molar-refractivity contribution in [2.24, 2.45) is 23.7 Å². The van der Waals surface area contributed by atoms with Crippen LogP contribution >= 0.6 is 11.6 Å². The molecular weight excluding hydrogens is 662 g/mol. The number of imide groups is 1. The van der Waals surface area contributed by atoms with Gasteiger partial charge in [0.15, 0.2) is 11.6 Å². The molecular formula is C43H36ClNO6. The fourth-order valence-corrected chi connectivity index (χ4v) is 9.32. The first-order chi connectivity index (χ1) is 24.7. The number of aryl methyl sites for hydroxylation is 1. The summed E-state index contributed by atoms with van der Waals surface area (Å²) in [7, 11) is 0. The van der Waals surface area contributed by atoms with Crippen LogP contribution in [0, 0.1) is 30.6 Å². The normalized spacial score (nSPS) is 27.0. The van der Waals surface area contributed by atoms with Gasteiger partial charge in [-0.2, -0.15) is 0 Å². The second-order valence-electron chi connectivity index (χ2n) is 13.9. The van der Waals surface area contributed by atoms with Gasteiger partial charge in [-0.15, -0.1) is 0 Å². The summed E-state index contributed by atoms with van der Waals surface area (Å²) in [5.74, 6) is -3.60. The van der Waals surface area contributed by atoms with Crippen LogP contribution in [0.15, 0.2) is 121 Å². The van der Waals surface area contributed by atoms with Gasteiger partial charge in [-0.25, -0.2) is 4.90 Å². The molecule has 1 saturated carbocycles.